The molecule has 1 aromatic carbocycles. The minimum atomic E-state index is -0.411. The highest BCUT2D eigenvalue weighted by molar-refractivity contribution is 8.27. The summed E-state index contributed by atoms with van der Waals surface area (Å²) in [6.45, 7) is 5.80. The summed E-state index contributed by atoms with van der Waals surface area (Å²) >= 11 is 6.69. The SMILES string of the molecule is CCOC(=O)COc1ccc(/C=C2/SC(=S)N(n3c(C)ccc3C)C2=O)cc1. The molecule has 2 aromatic rings. The molecule has 0 spiro atoms. The second-order valence-electron chi connectivity index (χ2n) is 6.08. The third-order valence-electron chi connectivity index (χ3n) is 4.05. The first-order valence-corrected chi connectivity index (χ1v) is 9.95. The minimum absolute atomic E-state index is 0.137. The summed E-state index contributed by atoms with van der Waals surface area (Å²) in [5.41, 5.74) is 2.72. The quantitative estimate of drug-likeness (QED) is 0.408. The number of thiocarbonyl (C=S) groups is 1. The van der Waals surface area contributed by atoms with Crippen molar-refractivity contribution in [2.24, 2.45) is 0 Å². The zero-order valence-corrected chi connectivity index (χ0v) is 17.4. The maximum atomic E-state index is 12.9. The molecule has 1 saturated heterocycles. The second-order valence-corrected chi connectivity index (χ2v) is 7.76. The summed E-state index contributed by atoms with van der Waals surface area (Å²) in [6, 6.07) is 11.0. The van der Waals surface area contributed by atoms with Crippen LogP contribution in [0.1, 0.15) is 23.9 Å². The standard InChI is InChI=1S/C20H20N2O4S2/c1-4-25-18(23)12-26-16-9-7-15(8-10-16)11-17-19(24)22(20(27)28-17)21-13(2)5-6-14(21)3/h5-11H,4,12H2,1-3H3/b17-11+. The van der Waals surface area contributed by atoms with Crippen LogP contribution in [0.4, 0.5) is 0 Å². The van der Waals surface area contributed by atoms with Gasteiger partial charge >= 0.3 is 5.97 Å². The highest BCUT2D eigenvalue weighted by Crippen LogP contribution is 2.33. The lowest BCUT2D eigenvalue weighted by Gasteiger charge is -2.20. The number of nitrogens with zero attached hydrogens (tertiary/aromatic N) is 2. The van der Waals surface area contributed by atoms with Gasteiger partial charge in [-0.25, -0.2) is 4.79 Å². The summed E-state index contributed by atoms with van der Waals surface area (Å²) in [7, 11) is 0. The molecule has 6 nitrogen and oxygen atoms in total. The molecule has 0 aliphatic carbocycles. The Balaban J connectivity index is 1.73. The molecule has 1 aromatic heterocycles. The van der Waals surface area contributed by atoms with Crippen LogP contribution in [-0.4, -0.2) is 34.1 Å². The second kappa shape index (κ2) is 8.62. The van der Waals surface area contributed by atoms with Crippen molar-refractivity contribution < 1.29 is 19.1 Å². The van der Waals surface area contributed by atoms with Crippen molar-refractivity contribution in [3.05, 3.63) is 58.3 Å². The molecule has 1 aliphatic rings. The van der Waals surface area contributed by atoms with Crippen LogP contribution in [0.2, 0.25) is 0 Å². The van der Waals surface area contributed by atoms with Gasteiger partial charge in [0.25, 0.3) is 5.91 Å². The third-order valence-corrected chi connectivity index (χ3v) is 5.33. The van der Waals surface area contributed by atoms with Gasteiger partial charge in [0.05, 0.1) is 11.5 Å². The van der Waals surface area contributed by atoms with Gasteiger partial charge in [0.2, 0.25) is 0 Å². The summed E-state index contributed by atoms with van der Waals surface area (Å²) in [5, 5.41) is 1.52. The average molecular weight is 417 g/mol. The van der Waals surface area contributed by atoms with E-state index in [0.717, 1.165) is 17.0 Å². The number of aryl methyl sites for hydroxylation is 2. The van der Waals surface area contributed by atoms with Gasteiger partial charge in [0.1, 0.15) is 5.75 Å². The van der Waals surface area contributed by atoms with Gasteiger partial charge < -0.3 is 9.47 Å². The Kier molecular flexibility index (Phi) is 6.21. The highest BCUT2D eigenvalue weighted by Gasteiger charge is 2.34. The van der Waals surface area contributed by atoms with E-state index in [1.807, 2.05) is 42.8 Å². The maximum absolute atomic E-state index is 12.9. The van der Waals surface area contributed by atoms with Crippen LogP contribution in [0, 0.1) is 13.8 Å². The van der Waals surface area contributed by atoms with Crippen molar-refractivity contribution >= 4 is 46.3 Å². The van der Waals surface area contributed by atoms with E-state index in [1.165, 1.54) is 16.8 Å². The number of ether oxygens (including phenoxy) is 2. The van der Waals surface area contributed by atoms with Gasteiger partial charge in [-0.05, 0) is 68.9 Å². The molecule has 1 aliphatic heterocycles. The van der Waals surface area contributed by atoms with E-state index in [1.54, 1.807) is 25.1 Å². The van der Waals surface area contributed by atoms with Crippen LogP contribution >= 0.6 is 24.0 Å². The predicted octanol–water partition coefficient (Wildman–Crippen LogP) is 3.58. The number of benzene rings is 1. The lowest BCUT2D eigenvalue weighted by atomic mass is 10.2. The smallest absolute Gasteiger partial charge is 0.344 e. The van der Waals surface area contributed by atoms with Crippen molar-refractivity contribution in [3.8, 4) is 5.75 Å². The first kappa shape index (κ1) is 20.2. The van der Waals surface area contributed by atoms with Gasteiger partial charge in [-0.3, -0.25) is 9.47 Å². The molecule has 8 heteroatoms. The van der Waals surface area contributed by atoms with E-state index in [4.69, 9.17) is 21.7 Å². The van der Waals surface area contributed by atoms with Crippen molar-refractivity contribution in [1.82, 2.24) is 4.68 Å². The molecule has 0 radical (unpaired) electrons. The Bertz CT molecular complexity index is 928. The normalized spacial score (nSPS) is 15.4. The highest BCUT2D eigenvalue weighted by atomic mass is 32.2. The maximum Gasteiger partial charge on any atom is 0.344 e. The fourth-order valence-corrected chi connectivity index (χ4v) is 4.01. The Morgan fingerprint density at radius 2 is 1.79 bits per heavy atom. The minimum Gasteiger partial charge on any atom is -0.482 e. The molecule has 0 unspecified atom stereocenters. The molecule has 3 rings (SSSR count). The zero-order chi connectivity index (χ0) is 20.3. The van der Waals surface area contributed by atoms with Gasteiger partial charge in [0, 0.05) is 11.4 Å². The Hall–Kier alpha value is -2.58. The number of hydrogen-bond donors (Lipinski definition) is 0. The molecular weight excluding hydrogens is 396 g/mol. The average Bonchev–Trinajstić information content (AvgIpc) is 3.13. The van der Waals surface area contributed by atoms with Crippen molar-refractivity contribution in [2.75, 3.05) is 18.2 Å². The summed E-state index contributed by atoms with van der Waals surface area (Å²) in [4.78, 5) is 24.8. The topological polar surface area (TPSA) is 60.8 Å². The predicted molar refractivity (Wildman–Crippen MR) is 114 cm³/mol. The number of carbonyl (C=O) groups is 2. The molecule has 28 heavy (non-hydrogen) atoms. The first-order valence-electron chi connectivity index (χ1n) is 8.72. The van der Waals surface area contributed by atoms with Gasteiger partial charge in [-0.15, -0.1) is 0 Å². The molecule has 146 valence electrons. The van der Waals surface area contributed by atoms with Gasteiger partial charge in [-0.2, -0.15) is 5.01 Å². The summed E-state index contributed by atoms with van der Waals surface area (Å²) < 4.78 is 12.5. The lowest BCUT2D eigenvalue weighted by molar-refractivity contribution is -0.145. The van der Waals surface area contributed by atoms with Crippen LogP contribution in [0.5, 0.6) is 5.75 Å². The number of thioether (sulfide) groups is 1. The molecule has 0 bridgehead atoms. The van der Waals surface area contributed by atoms with Gasteiger partial charge in [-0.1, -0.05) is 23.9 Å². The number of esters is 1. The summed E-state index contributed by atoms with van der Waals surface area (Å²) in [6.07, 6.45) is 1.79. The molecule has 0 N–H and O–H groups in total. The largest absolute Gasteiger partial charge is 0.482 e. The van der Waals surface area contributed by atoms with Crippen LogP contribution in [0.3, 0.4) is 0 Å². The third kappa shape index (κ3) is 4.28. The van der Waals surface area contributed by atoms with E-state index < -0.39 is 5.97 Å². The molecular formula is C20H20N2O4S2. The summed E-state index contributed by atoms with van der Waals surface area (Å²) in [5.74, 6) is -0.0118. The zero-order valence-electron chi connectivity index (χ0n) is 15.8. The first-order chi connectivity index (χ1) is 13.4. The lowest BCUT2D eigenvalue weighted by Crippen LogP contribution is -2.39. The fourth-order valence-electron chi connectivity index (χ4n) is 2.76. The number of amides is 1. The van der Waals surface area contributed by atoms with E-state index >= 15 is 0 Å². The van der Waals surface area contributed by atoms with E-state index in [0.29, 0.717) is 21.6 Å². The number of hydrogen-bond acceptors (Lipinski definition) is 6. The molecule has 1 fully saturated rings. The number of carbonyl (C=O) groups excluding carboxylic acids is 2. The van der Waals surface area contributed by atoms with Crippen LogP contribution < -0.4 is 9.75 Å². The molecule has 0 saturated carbocycles. The van der Waals surface area contributed by atoms with Crippen LogP contribution in [0.15, 0.2) is 41.3 Å². The molecule has 2 heterocycles. The monoisotopic (exact) mass is 416 g/mol. The van der Waals surface area contributed by atoms with Crippen molar-refractivity contribution in [3.63, 3.8) is 0 Å². The number of rotatable bonds is 6. The van der Waals surface area contributed by atoms with Crippen LogP contribution in [0.25, 0.3) is 6.08 Å². The van der Waals surface area contributed by atoms with Gasteiger partial charge in [0.15, 0.2) is 10.9 Å². The Morgan fingerprint density at radius 1 is 1.14 bits per heavy atom. The molecule has 0 atom stereocenters. The van der Waals surface area contributed by atoms with E-state index in [9.17, 15) is 9.59 Å². The fraction of sp³-hybridized carbons (Fsp3) is 0.250. The Labute approximate surface area is 173 Å². The molecule has 1 amide bonds. The Morgan fingerprint density at radius 3 is 2.39 bits per heavy atom. The van der Waals surface area contributed by atoms with Crippen molar-refractivity contribution in [1.29, 1.82) is 0 Å². The van der Waals surface area contributed by atoms with E-state index in [-0.39, 0.29) is 12.5 Å². The van der Waals surface area contributed by atoms with Crippen molar-refractivity contribution in [2.45, 2.75) is 20.8 Å². The number of aromatic nitrogens is 1. The van der Waals surface area contributed by atoms with E-state index in [2.05, 4.69) is 0 Å². The van der Waals surface area contributed by atoms with Crippen LogP contribution in [-0.2, 0) is 14.3 Å².